The van der Waals surface area contributed by atoms with Crippen LogP contribution in [-0.4, -0.2) is 25.0 Å². The molecule has 4 aromatic carbocycles. The average Bonchev–Trinajstić information content (AvgIpc) is 3.72. The zero-order valence-corrected chi connectivity index (χ0v) is 25.0. The fourth-order valence-corrected chi connectivity index (χ4v) is 6.19. The molecule has 0 aliphatic carbocycles. The van der Waals surface area contributed by atoms with Crippen molar-refractivity contribution in [3.8, 4) is 22.5 Å². The van der Waals surface area contributed by atoms with Crippen LogP contribution in [0.4, 0.5) is 0 Å². The molecule has 0 aliphatic heterocycles. The van der Waals surface area contributed by atoms with Gasteiger partial charge in [0, 0.05) is 28.7 Å². The molecule has 0 aliphatic rings. The van der Waals surface area contributed by atoms with Crippen LogP contribution in [0.5, 0.6) is 0 Å². The summed E-state index contributed by atoms with van der Waals surface area (Å²) in [5.41, 5.74) is 8.52. The molecule has 0 saturated carbocycles. The van der Waals surface area contributed by atoms with E-state index in [2.05, 4.69) is 43.3 Å². The molecule has 0 spiro atoms. The molecule has 8 heteroatoms. The molecule has 218 valence electrons. The molecule has 0 atom stereocenters. The summed E-state index contributed by atoms with van der Waals surface area (Å²) in [7, 11) is 0. The van der Waals surface area contributed by atoms with E-state index < -0.39 is 5.92 Å². The minimum atomic E-state index is -0.705. The van der Waals surface area contributed by atoms with Crippen molar-refractivity contribution in [3.63, 3.8) is 0 Å². The number of para-hydroxylation sites is 1. The second kappa shape index (κ2) is 11.1. The van der Waals surface area contributed by atoms with Crippen molar-refractivity contribution >= 4 is 22.5 Å². The Morgan fingerprint density at radius 3 is 1.73 bits per heavy atom. The molecule has 0 amide bonds. The van der Waals surface area contributed by atoms with Crippen LogP contribution in [0.3, 0.4) is 0 Å². The molecule has 0 fully saturated rings. The SMILES string of the molecule is Cc1ccc(-c2[nH][nH]c(=O)c2C(c2c(-c3ccc(C)cc3)[nH][nH]c2=O)c2cn(Cc3ccc(Cl)cc3)c3ccccc23)cc1. The van der Waals surface area contributed by atoms with E-state index in [1.54, 1.807) is 0 Å². The van der Waals surface area contributed by atoms with Crippen LogP contribution in [0, 0.1) is 13.8 Å². The maximum Gasteiger partial charge on any atom is 0.268 e. The third-order valence-corrected chi connectivity index (χ3v) is 8.54. The van der Waals surface area contributed by atoms with Gasteiger partial charge in [0.2, 0.25) is 0 Å². The molecular weight excluding hydrogens is 570 g/mol. The highest BCUT2D eigenvalue weighted by Gasteiger charge is 2.33. The van der Waals surface area contributed by atoms with Crippen molar-refractivity contribution in [2.75, 3.05) is 0 Å². The van der Waals surface area contributed by atoms with Gasteiger partial charge in [-0.05, 0) is 54.3 Å². The monoisotopic (exact) mass is 599 g/mol. The molecule has 0 radical (unpaired) electrons. The minimum Gasteiger partial charge on any atom is -0.343 e. The van der Waals surface area contributed by atoms with Gasteiger partial charge in [-0.1, -0.05) is 102 Å². The zero-order chi connectivity index (χ0) is 30.4. The molecule has 7 rings (SSSR count). The lowest BCUT2D eigenvalue weighted by molar-refractivity contribution is 0.825. The predicted octanol–water partition coefficient (Wildman–Crippen LogP) is 7.51. The normalized spacial score (nSPS) is 11.5. The number of rotatable bonds is 7. The standard InChI is InChI=1S/C36H30ClN5O2/c1-21-7-13-24(14-8-21)33-31(35(43)40-38-33)30(32-34(39-41-36(32)44)25-15-9-22(2)10-16-25)28-20-42(29-6-4-3-5-27(28)29)19-23-11-17-26(37)18-12-23/h3-18,20,30H,19H2,1-2H3,(H2,38,40,43)(H2,39,41,44). The molecule has 4 N–H and O–H groups in total. The van der Waals surface area contributed by atoms with Crippen LogP contribution in [-0.2, 0) is 6.54 Å². The molecule has 3 aromatic heterocycles. The number of fused-ring (bicyclic) bond motifs is 1. The zero-order valence-electron chi connectivity index (χ0n) is 24.2. The van der Waals surface area contributed by atoms with Gasteiger partial charge in [0.05, 0.1) is 28.4 Å². The van der Waals surface area contributed by atoms with Crippen LogP contribution < -0.4 is 11.1 Å². The van der Waals surface area contributed by atoms with Crippen LogP contribution in [0.2, 0.25) is 5.02 Å². The lowest BCUT2D eigenvalue weighted by Crippen LogP contribution is -2.20. The lowest BCUT2D eigenvalue weighted by Gasteiger charge is -2.17. The highest BCUT2D eigenvalue weighted by atomic mass is 35.5. The molecule has 0 bridgehead atoms. The van der Waals surface area contributed by atoms with Crippen molar-refractivity contribution in [1.29, 1.82) is 0 Å². The Morgan fingerprint density at radius 2 is 1.18 bits per heavy atom. The van der Waals surface area contributed by atoms with Gasteiger partial charge in [-0.2, -0.15) is 0 Å². The van der Waals surface area contributed by atoms with Crippen LogP contribution >= 0.6 is 11.6 Å². The fourth-order valence-electron chi connectivity index (χ4n) is 6.06. The third-order valence-electron chi connectivity index (χ3n) is 8.28. The highest BCUT2D eigenvalue weighted by molar-refractivity contribution is 6.30. The Hall–Kier alpha value is -5.27. The Kier molecular flexibility index (Phi) is 6.95. The number of aromatic nitrogens is 5. The van der Waals surface area contributed by atoms with E-state index in [-0.39, 0.29) is 11.1 Å². The first kappa shape index (κ1) is 27.6. The van der Waals surface area contributed by atoms with E-state index >= 15 is 0 Å². The summed E-state index contributed by atoms with van der Waals surface area (Å²) in [6.45, 7) is 4.64. The number of H-pyrrole nitrogens is 4. The first-order chi connectivity index (χ1) is 21.4. The molecule has 44 heavy (non-hydrogen) atoms. The van der Waals surface area contributed by atoms with Gasteiger partial charge < -0.3 is 4.57 Å². The Balaban J connectivity index is 1.51. The van der Waals surface area contributed by atoms with E-state index in [1.807, 2.05) is 98.8 Å². The number of aromatic amines is 4. The van der Waals surface area contributed by atoms with Crippen molar-refractivity contribution in [1.82, 2.24) is 25.0 Å². The summed E-state index contributed by atoms with van der Waals surface area (Å²) in [6.07, 6.45) is 2.07. The van der Waals surface area contributed by atoms with Gasteiger partial charge in [0.15, 0.2) is 0 Å². The smallest absolute Gasteiger partial charge is 0.268 e. The summed E-state index contributed by atoms with van der Waals surface area (Å²) < 4.78 is 2.17. The number of hydrogen-bond acceptors (Lipinski definition) is 2. The number of hydrogen-bond donors (Lipinski definition) is 4. The number of aryl methyl sites for hydroxylation is 2. The molecule has 7 aromatic rings. The number of nitrogens with one attached hydrogen (secondary N) is 4. The van der Waals surface area contributed by atoms with Crippen LogP contribution in [0.1, 0.15) is 39.3 Å². The minimum absolute atomic E-state index is 0.282. The maximum absolute atomic E-state index is 13.8. The van der Waals surface area contributed by atoms with Crippen molar-refractivity contribution in [2.45, 2.75) is 26.3 Å². The topological polar surface area (TPSA) is 102 Å². The second-order valence-electron chi connectivity index (χ2n) is 11.3. The van der Waals surface area contributed by atoms with Gasteiger partial charge in [-0.15, -0.1) is 0 Å². The fraction of sp³-hybridized carbons (Fsp3) is 0.111. The van der Waals surface area contributed by atoms with Crippen LogP contribution in [0.15, 0.2) is 113 Å². The predicted molar refractivity (Wildman–Crippen MR) is 177 cm³/mol. The summed E-state index contributed by atoms with van der Waals surface area (Å²) in [6, 6.07) is 31.9. The van der Waals surface area contributed by atoms with Gasteiger partial charge in [0.1, 0.15) is 0 Å². The highest BCUT2D eigenvalue weighted by Crippen LogP contribution is 2.41. The van der Waals surface area contributed by atoms with E-state index in [4.69, 9.17) is 11.6 Å². The average molecular weight is 600 g/mol. The van der Waals surface area contributed by atoms with Gasteiger partial charge in [-0.3, -0.25) is 30.0 Å². The Morgan fingerprint density at radius 1 is 0.659 bits per heavy atom. The van der Waals surface area contributed by atoms with Gasteiger partial charge in [-0.25, -0.2) is 0 Å². The van der Waals surface area contributed by atoms with Gasteiger partial charge >= 0.3 is 0 Å². The van der Waals surface area contributed by atoms with Gasteiger partial charge in [0.25, 0.3) is 11.1 Å². The first-order valence-electron chi connectivity index (χ1n) is 14.4. The summed E-state index contributed by atoms with van der Waals surface area (Å²) >= 11 is 6.17. The van der Waals surface area contributed by atoms with E-state index in [0.29, 0.717) is 34.1 Å². The van der Waals surface area contributed by atoms with E-state index in [9.17, 15) is 9.59 Å². The maximum atomic E-state index is 13.8. The Labute approximate surface area is 258 Å². The lowest BCUT2D eigenvalue weighted by atomic mass is 9.83. The molecule has 0 saturated heterocycles. The van der Waals surface area contributed by atoms with Crippen LogP contribution in [0.25, 0.3) is 33.4 Å². The van der Waals surface area contributed by atoms with Crippen molar-refractivity contribution < 1.29 is 0 Å². The van der Waals surface area contributed by atoms with Crippen molar-refractivity contribution in [3.05, 3.63) is 162 Å². The number of benzene rings is 4. The third kappa shape index (κ3) is 4.91. The number of nitrogens with zero attached hydrogens (tertiary/aromatic N) is 1. The number of halogens is 1. The summed E-state index contributed by atoms with van der Waals surface area (Å²) in [5, 5.41) is 13.5. The molecule has 7 nitrogen and oxygen atoms in total. The first-order valence-corrected chi connectivity index (χ1v) is 14.8. The Bertz CT molecular complexity index is 2110. The van der Waals surface area contributed by atoms with E-state index in [0.717, 1.165) is 44.3 Å². The molecule has 0 unspecified atom stereocenters. The molecular formula is C36H30ClN5O2. The van der Waals surface area contributed by atoms with Crippen molar-refractivity contribution in [2.24, 2.45) is 0 Å². The van der Waals surface area contributed by atoms with E-state index in [1.165, 1.54) is 0 Å². The summed E-state index contributed by atoms with van der Waals surface area (Å²) in [4.78, 5) is 27.7. The summed E-state index contributed by atoms with van der Waals surface area (Å²) in [5.74, 6) is -0.705. The quantitative estimate of drug-likeness (QED) is 0.152. The largest absolute Gasteiger partial charge is 0.343 e. The molecule has 3 heterocycles. The second-order valence-corrected chi connectivity index (χ2v) is 11.7.